The van der Waals surface area contributed by atoms with E-state index in [-0.39, 0.29) is 11.4 Å². The van der Waals surface area contributed by atoms with Crippen molar-refractivity contribution in [1.29, 1.82) is 0 Å². The van der Waals surface area contributed by atoms with E-state index in [0.29, 0.717) is 10.8 Å². The first-order valence-corrected chi connectivity index (χ1v) is 6.09. The number of thioether (sulfide) groups is 1. The molecular weight excluding hydrogens is 249 g/mol. The summed E-state index contributed by atoms with van der Waals surface area (Å²) in [5.74, 6) is 1.18. The molecule has 0 saturated carbocycles. The fourth-order valence-corrected chi connectivity index (χ4v) is 2.21. The van der Waals surface area contributed by atoms with Crippen LogP contribution in [0.25, 0.3) is 0 Å². The quantitative estimate of drug-likeness (QED) is 0.647. The van der Waals surface area contributed by atoms with E-state index in [1.54, 1.807) is 0 Å². The fraction of sp³-hybridized carbons (Fsp3) is 0.455. The Hall–Kier alpha value is -1.04. The van der Waals surface area contributed by atoms with Gasteiger partial charge in [-0.2, -0.15) is 13.2 Å². The minimum Gasteiger partial charge on any atom is -0.398 e. The number of anilines is 2. The van der Waals surface area contributed by atoms with Gasteiger partial charge in [0.2, 0.25) is 0 Å². The lowest BCUT2D eigenvalue weighted by molar-refractivity contribution is -0.137. The molecule has 0 spiro atoms. The van der Waals surface area contributed by atoms with Gasteiger partial charge in [0.25, 0.3) is 0 Å². The van der Waals surface area contributed by atoms with Gasteiger partial charge in [-0.25, -0.2) is 0 Å². The van der Waals surface area contributed by atoms with E-state index in [1.807, 2.05) is 13.8 Å². The van der Waals surface area contributed by atoms with Gasteiger partial charge in [0, 0.05) is 17.1 Å². The van der Waals surface area contributed by atoms with E-state index < -0.39 is 11.7 Å². The van der Waals surface area contributed by atoms with Crippen LogP contribution in [0.4, 0.5) is 24.5 Å². The third kappa shape index (κ3) is 3.73. The molecule has 1 rings (SSSR count). The number of hydrogen-bond acceptors (Lipinski definition) is 3. The van der Waals surface area contributed by atoms with Crippen molar-refractivity contribution in [2.45, 2.75) is 24.9 Å². The first-order valence-electron chi connectivity index (χ1n) is 5.10. The van der Waals surface area contributed by atoms with Crippen LogP contribution in [0.1, 0.15) is 19.4 Å². The first-order chi connectivity index (χ1) is 7.71. The molecule has 0 bridgehead atoms. The zero-order valence-electron chi connectivity index (χ0n) is 9.64. The van der Waals surface area contributed by atoms with Crippen molar-refractivity contribution in [2.24, 2.45) is 5.92 Å². The summed E-state index contributed by atoms with van der Waals surface area (Å²) in [6.07, 6.45) is -4.41. The summed E-state index contributed by atoms with van der Waals surface area (Å²) in [6.45, 7) is 4.03. The zero-order valence-corrected chi connectivity index (χ0v) is 10.5. The molecule has 0 atom stereocenters. The molecule has 1 aromatic carbocycles. The Morgan fingerprint density at radius 1 is 1.18 bits per heavy atom. The average Bonchev–Trinajstić information content (AvgIpc) is 2.14. The number of hydrogen-bond donors (Lipinski definition) is 2. The van der Waals surface area contributed by atoms with E-state index >= 15 is 0 Å². The molecule has 0 fully saturated rings. The smallest absolute Gasteiger partial charge is 0.398 e. The fourth-order valence-electron chi connectivity index (χ4n) is 1.25. The van der Waals surface area contributed by atoms with Gasteiger partial charge in [0.15, 0.2) is 0 Å². The summed E-state index contributed by atoms with van der Waals surface area (Å²) < 4.78 is 37.4. The highest BCUT2D eigenvalue weighted by atomic mass is 32.2. The van der Waals surface area contributed by atoms with Crippen molar-refractivity contribution in [3.05, 3.63) is 17.7 Å². The Morgan fingerprint density at radius 2 is 1.65 bits per heavy atom. The highest BCUT2D eigenvalue weighted by Gasteiger charge is 2.31. The van der Waals surface area contributed by atoms with Crippen molar-refractivity contribution in [3.8, 4) is 0 Å². The first kappa shape index (κ1) is 14.0. The van der Waals surface area contributed by atoms with Gasteiger partial charge in [-0.05, 0) is 18.1 Å². The Morgan fingerprint density at radius 3 is 2.00 bits per heavy atom. The third-order valence-electron chi connectivity index (χ3n) is 2.03. The van der Waals surface area contributed by atoms with Crippen LogP contribution in [0.15, 0.2) is 17.0 Å². The predicted octanol–water partition coefficient (Wildman–Crippen LogP) is 3.62. The number of nitrogens with two attached hydrogens (primary N) is 2. The van der Waals surface area contributed by atoms with E-state index in [4.69, 9.17) is 11.5 Å². The Labute approximate surface area is 103 Å². The maximum absolute atomic E-state index is 12.5. The normalized spacial score (nSPS) is 12.1. The van der Waals surface area contributed by atoms with Crippen LogP contribution < -0.4 is 11.5 Å². The van der Waals surface area contributed by atoms with Gasteiger partial charge in [0.05, 0.1) is 10.5 Å². The topological polar surface area (TPSA) is 52.0 Å². The highest BCUT2D eigenvalue weighted by molar-refractivity contribution is 7.99. The van der Waals surface area contributed by atoms with Crippen molar-refractivity contribution < 1.29 is 13.2 Å². The molecule has 0 aliphatic rings. The van der Waals surface area contributed by atoms with Gasteiger partial charge >= 0.3 is 6.18 Å². The van der Waals surface area contributed by atoms with Gasteiger partial charge in [-0.3, -0.25) is 0 Å². The summed E-state index contributed by atoms with van der Waals surface area (Å²) >= 11 is 1.38. The Balaban J connectivity index is 3.03. The van der Waals surface area contributed by atoms with Crippen LogP contribution in [-0.2, 0) is 6.18 Å². The van der Waals surface area contributed by atoms with Gasteiger partial charge in [-0.15, -0.1) is 11.8 Å². The maximum atomic E-state index is 12.5. The standard InChI is InChI=1S/C11H15F3N2S/c1-6(2)5-17-10-8(15)3-7(4-9(10)16)11(12,13)14/h3-4,6H,5,15-16H2,1-2H3. The number of alkyl halides is 3. The Kier molecular flexibility index (Phi) is 4.19. The molecule has 0 aliphatic carbocycles. The monoisotopic (exact) mass is 264 g/mol. The van der Waals surface area contributed by atoms with E-state index in [9.17, 15) is 13.2 Å². The van der Waals surface area contributed by atoms with E-state index in [1.165, 1.54) is 11.8 Å². The van der Waals surface area contributed by atoms with Crippen LogP contribution >= 0.6 is 11.8 Å². The van der Waals surface area contributed by atoms with Crippen molar-refractivity contribution >= 4 is 23.1 Å². The number of nitrogen functional groups attached to an aromatic ring is 2. The predicted molar refractivity (Wildman–Crippen MR) is 65.8 cm³/mol. The molecule has 0 amide bonds. The average molecular weight is 264 g/mol. The summed E-state index contributed by atoms with van der Waals surface area (Å²) in [5, 5.41) is 0. The molecule has 96 valence electrons. The van der Waals surface area contributed by atoms with Crippen LogP contribution in [0.3, 0.4) is 0 Å². The maximum Gasteiger partial charge on any atom is 0.416 e. The molecule has 1 aromatic rings. The SMILES string of the molecule is CC(C)CSc1c(N)cc(C(F)(F)F)cc1N. The van der Waals surface area contributed by atoms with Gasteiger partial charge in [-0.1, -0.05) is 13.8 Å². The van der Waals surface area contributed by atoms with Crippen LogP contribution in [-0.4, -0.2) is 5.75 Å². The lowest BCUT2D eigenvalue weighted by atomic mass is 10.1. The summed E-state index contributed by atoms with van der Waals surface area (Å²) in [5.41, 5.74) is 10.6. The summed E-state index contributed by atoms with van der Waals surface area (Å²) in [4.78, 5) is 0.534. The van der Waals surface area contributed by atoms with Crippen molar-refractivity contribution in [1.82, 2.24) is 0 Å². The molecule has 0 aliphatic heterocycles. The molecule has 0 heterocycles. The van der Waals surface area contributed by atoms with Crippen LogP contribution in [0, 0.1) is 5.92 Å². The molecule has 0 radical (unpaired) electrons. The minimum absolute atomic E-state index is 0.0861. The number of halogens is 3. The van der Waals surface area contributed by atoms with Crippen LogP contribution in [0.5, 0.6) is 0 Å². The number of benzene rings is 1. The number of rotatable bonds is 3. The van der Waals surface area contributed by atoms with Gasteiger partial charge < -0.3 is 11.5 Å². The molecule has 0 saturated heterocycles. The van der Waals surface area contributed by atoms with E-state index in [2.05, 4.69) is 0 Å². The molecule has 4 N–H and O–H groups in total. The largest absolute Gasteiger partial charge is 0.416 e. The molecule has 17 heavy (non-hydrogen) atoms. The highest BCUT2D eigenvalue weighted by Crippen LogP contribution is 2.38. The second-order valence-electron chi connectivity index (χ2n) is 4.19. The van der Waals surface area contributed by atoms with E-state index in [0.717, 1.165) is 17.9 Å². The molecule has 6 heteroatoms. The molecule has 0 aromatic heterocycles. The zero-order chi connectivity index (χ0) is 13.2. The summed E-state index contributed by atoms with van der Waals surface area (Å²) in [7, 11) is 0. The van der Waals surface area contributed by atoms with Gasteiger partial charge in [0.1, 0.15) is 0 Å². The lowest BCUT2D eigenvalue weighted by Gasteiger charge is -2.14. The minimum atomic E-state index is -4.41. The lowest BCUT2D eigenvalue weighted by Crippen LogP contribution is -2.08. The second kappa shape index (κ2) is 5.08. The Bertz CT molecular complexity index is 379. The molecule has 2 nitrogen and oxygen atoms in total. The third-order valence-corrected chi connectivity index (χ3v) is 3.63. The second-order valence-corrected chi connectivity index (χ2v) is 5.22. The summed E-state index contributed by atoms with van der Waals surface area (Å²) in [6, 6.07) is 1.86. The van der Waals surface area contributed by atoms with Crippen molar-refractivity contribution in [3.63, 3.8) is 0 Å². The molecular formula is C11H15F3N2S. The van der Waals surface area contributed by atoms with Crippen LogP contribution in [0.2, 0.25) is 0 Å². The van der Waals surface area contributed by atoms with Crippen molar-refractivity contribution in [2.75, 3.05) is 17.2 Å². The molecule has 0 unspecified atom stereocenters.